The predicted octanol–water partition coefficient (Wildman–Crippen LogP) is 4.72. The van der Waals surface area contributed by atoms with Crippen molar-refractivity contribution in [2.24, 2.45) is 17.8 Å². The highest BCUT2D eigenvalue weighted by Crippen LogP contribution is 2.35. The van der Waals surface area contributed by atoms with E-state index in [-0.39, 0.29) is 23.5 Å². The Bertz CT molecular complexity index is 826. The normalized spacial score (nSPS) is 24.0. The Morgan fingerprint density at radius 3 is 2.88 bits per heavy atom. The second kappa shape index (κ2) is 7.50. The molecule has 2 aromatic rings. The van der Waals surface area contributed by atoms with Gasteiger partial charge in [-0.25, -0.2) is 0 Å². The van der Waals surface area contributed by atoms with Crippen LogP contribution in [0.4, 0.5) is 0 Å². The number of ether oxygens (including phenoxy) is 1. The van der Waals surface area contributed by atoms with Crippen molar-refractivity contribution >= 4 is 39.1 Å². The van der Waals surface area contributed by atoms with Gasteiger partial charge in [0.2, 0.25) is 0 Å². The number of benzene rings is 1. The molecule has 0 bridgehead atoms. The quantitative estimate of drug-likeness (QED) is 0.720. The number of thiazole rings is 1. The third kappa shape index (κ3) is 3.93. The van der Waals surface area contributed by atoms with Gasteiger partial charge in [-0.2, -0.15) is 0 Å². The van der Waals surface area contributed by atoms with E-state index in [4.69, 9.17) is 16.3 Å². The minimum Gasteiger partial charge on any atom is -0.461 e. The molecule has 0 spiro atoms. The third-order valence-corrected chi connectivity index (χ3v) is 6.42. The molecular formula is C19H24ClNO3S. The van der Waals surface area contributed by atoms with E-state index >= 15 is 0 Å². The summed E-state index contributed by atoms with van der Waals surface area (Å²) in [7, 11) is 0. The summed E-state index contributed by atoms with van der Waals surface area (Å²) >= 11 is 7.33. The molecule has 25 heavy (non-hydrogen) atoms. The van der Waals surface area contributed by atoms with Crippen molar-refractivity contribution in [3.63, 3.8) is 0 Å². The summed E-state index contributed by atoms with van der Waals surface area (Å²) in [4.78, 5) is 24.6. The van der Waals surface area contributed by atoms with Crippen LogP contribution >= 0.6 is 22.9 Å². The van der Waals surface area contributed by atoms with E-state index in [9.17, 15) is 9.59 Å². The number of hydrogen-bond acceptors (Lipinski definition) is 4. The molecule has 1 aromatic carbocycles. The van der Waals surface area contributed by atoms with Gasteiger partial charge in [-0.15, -0.1) is 0 Å². The molecule has 3 rings (SSSR count). The molecule has 0 amide bonds. The minimum atomic E-state index is -0.355. The molecule has 1 heterocycles. The summed E-state index contributed by atoms with van der Waals surface area (Å²) in [5.74, 6) is 1.07. The Morgan fingerprint density at radius 1 is 1.40 bits per heavy atom. The molecule has 1 saturated carbocycles. The van der Waals surface area contributed by atoms with Gasteiger partial charge in [0.25, 0.3) is 0 Å². The van der Waals surface area contributed by atoms with Gasteiger partial charge < -0.3 is 4.74 Å². The maximum absolute atomic E-state index is 12.5. The number of halogens is 1. The van der Waals surface area contributed by atoms with Gasteiger partial charge in [0, 0.05) is 0 Å². The van der Waals surface area contributed by atoms with Crippen LogP contribution in [-0.2, 0) is 16.1 Å². The highest BCUT2D eigenvalue weighted by atomic mass is 35.5. The topological polar surface area (TPSA) is 48.3 Å². The molecule has 6 heteroatoms. The second-order valence-corrected chi connectivity index (χ2v) is 8.80. The van der Waals surface area contributed by atoms with E-state index in [0.29, 0.717) is 28.3 Å². The summed E-state index contributed by atoms with van der Waals surface area (Å²) in [5.41, 5.74) is 0.619. The van der Waals surface area contributed by atoms with Gasteiger partial charge in [-0.3, -0.25) is 14.2 Å². The van der Waals surface area contributed by atoms with Crippen molar-refractivity contribution in [3.05, 3.63) is 32.9 Å². The van der Waals surface area contributed by atoms with Crippen LogP contribution < -0.4 is 4.87 Å². The molecule has 3 atom stereocenters. The van der Waals surface area contributed by atoms with Crippen LogP contribution in [0.5, 0.6) is 0 Å². The van der Waals surface area contributed by atoms with E-state index < -0.39 is 0 Å². The van der Waals surface area contributed by atoms with Gasteiger partial charge in [-0.05, 0) is 42.7 Å². The zero-order valence-corrected chi connectivity index (χ0v) is 16.4. The van der Waals surface area contributed by atoms with Crippen molar-refractivity contribution in [3.8, 4) is 0 Å². The molecule has 1 aliphatic carbocycles. The smallest absolute Gasteiger partial charge is 0.326 e. The van der Waals surface area contributed by atoms with Crippen LogP contribution in [0.2, 0.25) is 5.02 Å². The Morgan fingerprint density at radius 2 is 2.16 bits per heavy atom. The average molecular weight is 382 g/mol. The number of carbonyl (C=O) groups is 1. The molecule has 0 unspecified atom stereocenters. The molecule has 0 radical (unpaired) electrons. The van der Waals surface area contributed by atoms with Crippen molar-refractivity contribution in [2.75, 3.05) is 0 Å². The molecule has 4 nitrogen and oxygen atoms in total. The molecule has 136 valence electrons. The molecule has 0 aliphatic heterocycles. The zero-order chi connectivity index (χ0) is 18.1. The second-order valence-electron chi connectivity index (χ2n) is 7.40. The summed E-state index contributed by atoms with van der Waals surface area (Å²) in [5, 5.41) is 0.481. The van der Waals surface area contributed by atoms with Crippen LogP contribution in [0.15, 0.2) is 23.0 Å². The fourth-order valence-corrected chi connectivity index (χ4v) is 5.06. The lowest BCUT2D eigenvalue weighted by Gasteiger charge is -2.36. The number of aromatic nitrogens is 1. The van der Waals surface area contributed by atoms with E-state index in [1.54, 1.807) is 12.1 Å². The number of hydrogen-bond donors (Lipinski definition) is 0. The SMILES string of the molecule is CC(C)[C@@H]1CC[C@@H](C)C[C@H]1OC(=O)Cn1c(=O)sc2cccc(Cl)c21. The first-order chi connectivity index (χ1) is 11.9. The van der Waals surface area contributed by atoms with Crippen LogP contribution in [0, 0.1) is 17.8 Å². The summed E-state index contributed by atoms with van der Waals surface area (Å²) < 4.78 is 8.04. The summed E-state index contributed by atoms with van der Waals surface area (Å²) in [6, 6.07) is 5.38. The van der Waals surface area contributed by atoms with E-state index in [1.807, 2.05) is 6.07 Å². The zero-order valence-electron chi connectivity index (χ0n) is 14.8. The van der Waals surface area contributed by atoms with Gasteiger partial charge in [-0.1, -0.05) is 56.2 Å². The number of fused-ring (bicyclic) bond motifs is 1. The maximum atomic E-state index is 12.5. The fraction of sp³-hybridized carbons (Fsp3) is 0.579. The molecule has 1 aromatic heterocycles. The first-order valence-corrected chi connectivity index (χ1v) is 10.0. The van der Waals surface area contributed by atoms with E-state index in [1.165, 1.54) is 11.0 Å². The minimum absolute atomic E-state index is 0.0627. The Balaban J connectivity index is 1.79. The van der Waals surface area contributed by atoms with Crippen molar-refractivity contribution in [1.29, 1.82) is 0 Å². The maximum Gasteiger partial charge on any atom is 0.326 e. The molecule has 1 aliphatic rings. The predicted molar refractivity (Wildman–Crippen MR) is 102 cm³/mol. The van der Waals surface area contributed by atoms with Crippen molar-refractivity contribution in [2.45, 2.75) is 52.7 Å². The number of esters is 1. The van der Waals surface area contributed by atoms with Crippen LogP contribution in [0.3, 0.4) is 0 Å². The third-order valence-electron chi connectivity index (χ3n) is 5.17. The number of carbonyl (C=O) groups excluding carboxylic acids is 1. The van der Waals surface area contributed by atoms with Crippen molar-refractivity contribution < 1.29 is 9.53 Å². The van der Waals surface area contributed by atoms with Gasteiger partial charge in [0.05, 0.1) is 15.2 Å². The highest BCUT2D eigenvalue weighted by molar-refractivity contribution is 7.16. The number of para-hydroxylation sites is 1. The Hall–Kier alpha value is -1.33. The van der Waals surface area contributed by atoms with Gasteiger partial charge in [0.15, 0.2) is 0 Å². The monoisotopic (exact) mass is 381 g/mol. The lowest BCUT2D eigenvalue weighted by atomic mass is 9.75. The van der Waals surface area contributed by atoms with E-state index in [2.05, 4.69) is 20.8 Å². The van der Waals surface area contributed by atoms with Gasteiger partial charge >= 0.3 is 10.8 Å². The van der Waals surface area contributed by atoms with E-state index in [0.717, 1.165) is 28.9 Å². The number of rotatable bonds is 4. The summed E-state index contributed by atoms with van der Waals surface area (Å²) in [6.07, 6.45) is 3.10. The van der Waals surface area contributed by atoms with Crippen LogP contribution in [0.25, 0.3) is 10.2 Å². The molecule has 0 saturated heterocycles. The Kier molecular flexibility index (Phi) is 5.54. The Labute approximate surface area is 156 Å². The highest BCUT2D eigenvalue weighted by Gasteiger charge is 2.33. The molecule has 1 fully saturated rings. The fourth-order valence-electron chi connectivity index (χ4n) is 3.81. The first kappa shape index (κ1) is 18.5. The lowest BCUT2D eigenvalue weighted by Crippen LogP contribution is -2.37. The summed E-state index contributed by atoms with van der Waals surface area (Å²) in [6.45, 7) is 6.47. The first-order valence-electron chi connectivity index (χ1n) is 8.84. The molecular weight excluding hydrogens is 358 g/mol. The largest absolute Gasteiger partial charge is 0.461 e. The lowest BCUT2D eigenvalue weighted by molar-refractivity contribution is -0.156. The van der Waals surface area contributed by atoms with Crippen LogP contribution in [0.1, 0.15) is 40.0 Å². The van der Waals surface area contributed by atoms with Crippen LogP contribution in [-0.4, -0.2) is 16.6 Å². The van der Waals surface area contributed by atoms with Crippen molar-refractivity contribution in [1.82, 2.24) is 4.57 Å². The molecule has 0 N–H and O–H groups in total. The standard InChI is InChI=1S/C19H24ClNO3S/c1-11(2)13-8-7-12(3)9-15(13)24-17(22)10-21-18-14(20)5-4-6-16(18)25-19(21)23/h4-6,11-13,15H,7-10H2,1-3H3/t12-,13+,15-/m1/s1. The van der Waals surface area contributed by atoms with Gasteiger partial charge in [0.1, 0.15) is 12.6 Å². The number of nitrogens with zero attached hydrogens (tertiary/aromatic N) is 1. The average Bonchev–Trinajstić information content (AvgIpc) is 2.84.